The number of carbonyl (C=O) groups is 1. The minimum Gasteiger partial charge on any atom is -0.301 e. The van der Waals surface area contributed by atoms with E-state index in [-0.39, 0.29) is 18.7 Å². The molecular weight excluding hydrogens is 398 g/mol. The van der Waals surface area contributed by atoms with Gasteiger partial charge in [-0.3, -0.25) is 4.79 Å². The maximum Gasteiger partial charge on any atom is 0.248 e. The summed E-state index contributed by atoms with van der Waals surface area (Å²) in [5, 5.41) is 17.0. The number of tetrazole rings is 1. The molecule has 3 aromatic rings. The summed E-state index contributed by atoms with van der Waals surface area (Å²) in [6, 6.07) is 7.12. The van der Waals surface area contributed by atoms with Crippen molar-refractivity contribution >= 4 is 22.4 Å². The van der Waals surface area contributed by atoms with E-state index in [0.717, 1.165) is 11.3 Å². The van der Waals surface area contributed by atoms with Gasteiger partial charge in [0.05, 0.1) is 18.7 Å². The average molecular weight is 418 g/mol. The van der Waals surface area contributed by atoms with Crippen LogP contribution in [0.3, 0.4) is 0 Å². The van der Waals surface area contributed by atoms with Gasteiger partial charge in [0.2, 0.25) is 17.7 Å². The number of nitrogens with one attached hydrogen (secondary N) is 1. The number of carbonyl (C=O) groups excluding carboxylic acids is 1. The largest absolute Gasteiger partial charge is 0.301 e. The standard InChI is InChI=1S/C19H20F2N6OS/c1-11-10-29-18(22-11)23-17(28)15(14-7-8-19(20,21)9-14)12-3-5-13(6-4-12)16-24-26-27(2)25-16/h3-6,10,14-15H,7-9H2,1-2H3,(H,22,23,28). The van der Waals surface area contributed by atoms with Crippen LogP contribution in [0.5, 0.6) is 0 Å². The molecule has 152 valence electrons. The Balaban J connectivity index is 1.61. The van der Waals surface area contributed by atoms with Gasteiger partial charge in [0.25, 0.3) is 0 Å². The van der Waals surface area contributed by atoms with E-state index in [0.29, 0.717) is 22.9 Å². The van der Waals surface area contributed by atoms with E-state index in [1.165, 1.54) is 16.1 Å². The lowest BCUT2D eigenvalue weighted by atomic mass is 9.83. The Morgan fingerprint density at radius 3 is 2.66 bits per heavy atom. The summed E-state index contributed by atoms with van der Waals surface area (Å²) in [5.74, 6) is -3.70. The van der Waals surface area contributed by atoms with Crippen LogP contribution in [-0.2, 0) is 11.8 Å². The van der Waals surface area contributed by atoms with Crippen LogP contribution < -0.4 is 5.32 Å². The highest BCUT2D eigenvalue weighted by Crippen LogP contribution is 2.46. The third kappa shape index (κ3) is 4.31. The number of amides is 1. The van der Waals surface area contributed by atoms with Crippen molar-refractivity contribution in [1.82, 2.24) is 25.2 Å². The van der Waals surface area contributed by atoms with Crippen LogP contribution in [0.15, 0.2) is 29.6 Å². The summed E-state index contributed by atoms with van der Waals surface area (Å²) in [6.07, 6.45) is -0.190. The first-order valence-electron chi connectivity index (χ1n) is 9.26. The van der Waals surface area contributed by atoms with Crippen LogP contribution in [0.2, 0.25) is 0 Å². The molecule has 10 heteroatoms. The van der Waals surface area contributed by atoms with Crippen molar-refractivity contribution in [3.05, 3.63) is 40.9 Å². The van der Waals surface area contributed by atoms with Gasteiger partial charge in [0.1, 0.15) is 0 Å². The van der Waals surface area contributed by atoms with Gasteiger partial charge >= 0.3 is 0 Å². The molecule has 1 amide bonds. The smallest absolute Gasteiger partial charge is 0.248 e. The number of aryl methyl sites for hydroxylation is 2. The van der Waals surface area contributed by atoms with Crippen molar-refractivity contribution in [3.8, 4) is 11.4 Å². The number of alkyl halides is 2. The predicted octanol–water partition coefficient (Wildman–Crippen LogP) is 3.80. The first kappa shape index (κ1) is 19.6. The Kier molecular flexibility index (Phi) is 5.12. The van der Waals surface area contributed by atoms with Gasteiger partial charge in [0.15, 0.2) is 5.13 Å². The quantitative estimate of drug-likeness (QED) is 0.681. The summed E-state index contributed by atoms with van der Waals surface area (Å²) in [6.45, 7) is 1.83. The molecule has 2 heterocycles. The number of rotatable bonds is 5. The van der Waals surface area contributed by atoms with Crippen LogP contribution in [0, 0.1) is 12.8 Å². The van der Waals surface area contributed by atoms with Crippen molar-refractivity contribution in [2.75, 3.05) is 5.32 Å². The molecule has 1 fully saturated rings. The summed E-state index contributed by atoms with van der Waals surface area (Å²) >= 11 is 1.32. The van der Waals surface area contributed by atoms with Crippen molar-refractivity contribution in [3.63, 3.8) is 0 Å². The van der Waals surface area contributed by atoms with Crippen molar-refractivity contribution in [1.29, 1.82) is 0 Å². The molecular formula is C19H20F2N6OS. The number of hydrogen-bond acceptors (Lipinski definition) is 6. The number of halogens is 2. The topological polar surface area (TPSA) is 85.6 Å². The van der Waals surface area contributed by atoms with E-state index in [1.807, 2.05) is 12.3 Å². The number of nitrogens with zero attached hydrogens (tertiary/aromatic N) is 5. The first-order chi connectivity index (χ1) is 13.8. The maximum absolute atomic E-state index is 13.9. The third-order valence-electron chi connectivity index (χ3n) is 5.08. The molecule has 4 rings (SSSR count). The highest BCUT2D eigenvalue weighted by Gasteiger charge is 2.45. The molecule has 1 aromatic carbocycles. The molecule has 0 saturated heterocycles. The lowest BCUT2D eigenvalue weighted by Crippen LogP contribution is -2.27. The van der Waals surface area contributed by atoms with E-state index < -0.39 is 17.8 Å². The van der Waals surface area contributed by atoms with Gasteiger partial charge in [-0.05, 0) is 30.0 Å². The van der Waals surface area contributed by atoms with Crippen LogP contribution in [0.4, 0.5) is 13.9 Å². The zero-order valence-electron chi connectivity index (χ0n) is 16.0. The SMILES string of the molecule is Cc1csc(NC(=O)C(c2ccc(-c3nnn(C)n3)cc2)C2CCC(F)(F)C2)n1. The molecule has 1 N–H and O–H groups in total. The molecule has 0 aliphatic heterocycles. The zero-order valence-corrected chi connectivity index (χ0v) is 16.8. The fourth-order valence-electron chi connectivity index (χ4n) is 3.74. The Bertz CT molecular complexity index is 1020. The number of benzene rings is 1. The number of thiazole rings is 1. The molecule has 1 aliphatic carbocycles. The monoisotopic (exact) mass is 418 g/mol. The first-order valence-corrected chi connectivity index (χ1v) is 10.1. The maximum atomic E-state index is 13.9. The van der Waals surface area contributed by atoms with Crippen LogP contribution in [0.1, 0.15) is 36.4 Å². The Morgan fingerprint density at radius 1 is 1.34 bits per heavy atom. The van der Waals surface area contributed by atoms with Gasteiger partial charge in [-0.25, -0.2) is 13.8 Å². The van der Waals surface area contributed by atoms with Crippen molar-refractivity contribution < 1.29 is 13.6 Å². The van der Waals surface area contributed by atoms with E-state index >= 15 is 0 Å². The van der Waals surface area contributed by atoms with Gasteiger partial charge in [-0.2, -0.15) is 4.80 Å². The van der Waals surface area contributed by atoms with Crippen LogP contribution in [0.25, 0.3) is 11.4 Å². The van der Waals surface area contributed by atoms with E-state index in [9.17, 15) is 13.6 Å². The Hall–Kier alpha value is -2.75. The molecule has 0 spiro atoms. The molecule has 2 aromatic heterocycles. The second-order valence-corrected chi connectivity index (χ2v) is 8.20. The molecule has 0 radical (unpaired) electrons. The predicted molar refractivity (Wildman–Crippen MR) is 105 cm³/mol. The summed E-state index contributed by atoms with van der Waals surface area (Å²) in [5.41, 5.74) is 2.23. The molecule has 7 nitrogen and oxygen atoms in total. The van der Waals surface area contributed by atoms with Crippen molar-refractivity contribution in [2.45, 2.75) is 38.0 Å². The van der Waals surface area contributed by atoms with E-state index in [1.54, 1.807) is 31.3 Å². The second-order valence-electron chi connectivity index (χ2n) is 7.34. The number of anilines is 1. The van der Waals surface area contributed by atoms with Crippen LogP contribution in [-0.4, -0.2) is 37.0 Å². The lowest BCUT2D eigenvalue weighted by Gasteiger charge is -2.23. The highest BCUT2D eigenvalue weighted by atomic mass is 32.1. The van der Waals surface area contributed by atoms with E-state index in [2.05, 4.69) is 25.7 Å². The number of aromatic nitrogens is 5. The van der Waals surface area contributed by atoms with Gasteiger partial charge in [-0.15, -0.1) is 21.5 Å². The molecule has 0 bridgehead atoms. The molecule has 1 aliphatic rings. The molecule has 2 unspecified atom stereocenters. The van der Waals surface area contributed by atoms with E-state index in [4.69, 9.17) is 0 Å². The third-order valence-corrected chi connectivity index (χ3v) is 5.96. The summed E-state index contributed by atoms with van der Waals surface area (Å²) in [4.78, 5) is 18.7. The minimum absolute atomic E-state index is 0.195. The second kappa shape index (κ2) is 7.58. The van der Waals surface area contributed by atoms with Crippen LogP contribution >= 0.6 is 11.3 Å². The highest BCUT2D eigenvalue weighted by molar-refractivity contribution is 7.13. The van der Waals surface area contributed by atoms with Gasteiger partial charge in [0, 0.05) is 23.8 Å². The normalized spacial score (nSPS) is 19.2. The van der Waals surface area contributed by atoms with Gasteiger partial charge in [-0.1, -0.05) is 24.3 Å². The molecule has 1 saturated carbocycles. The fraction of sp³-hybridized carbons (Fsp3) is 0.421. The summed E-state index contributed by atoms with van der Waals surface area (Å²) in [7, 11) is 1.67. The minimum atomic E-state index is -2.73. The zero-order chi connectivity index (χ0) is 20.6. The molecule has 29 heavy (non-hydrogen) atoms. The Labute approximate surface area is 170 Å². The lowest BCUT2D eigenvalue weighted by molar-refractivity contribution is -0.118. The fourth-order valence-corrected chi connectivity index (χ4v) is 4.43. The summed E-state index contributed by atoms with van der Waals surface area (Å²) < 4.78 is 27.8. The average Bonchev–Trinajstić information content (AvgIpc) is 3.37. The molecule has 2 atom stereocenters. The van der Waals surface area contributed by atoms with Crippen molar-refractivity contribution in [2.24, 2.45) is 13.0 Å². The number of hydrogen-bond donors (Lipinski definition) is 1. The Morgan fingerprint density at radius 2 is 2.10 bits per heavy atom. The van der Waals surface area contributed by atoms with Gasteiger partial charge < -0.3 is 5.32 Å².